The van der Waals surface area contributed by atoms with Crippen molar-refractivity contribution in [1.29, 1.82) is 0 Å². The van der Waals surface area contributed by atoms with E-state index in [9.17, 15) is 5.11 Å². The largest absolute Gasteiger partial charge is 0.391 e. The number of methoxy groups -OCH3 is 1. The molecular formula is C9H21NO4. The molecule has 0 heterocycles. The third-order valence-electron chi connectivity index (χ3n) is 1.82. The van der Waals surface area contributed by atoms with Gasteiger partial charge in [-0.15, -0.1) is 0 Å². The third kappa shape index (κ3) is 7.23. The number of nitrogens with two attached hydrogens (primary N) is 1. The molecule has 3 N–H and O–H groups in total. The highest BCUT2D eigenvalue weighted by atomic mass is 16.7. The monoisotopic (exact) mass is 207 g/mol. The highest BCUT2D eigenvalue weighted by molar-refractivity contribution is 4.68. The van der Waals surface area contributed by atoms with E-state index < -0.39 is 6.10 Å². The number of aliphatic hydroxyl groups excluding tert-OH is 1. The van der Waals surface area contributed by atoms with Gasteiger partial charge in [0.15, 0.2) is 0 Å². The van der Waals surface area contributed by atoms with Crippen molar-refractivity contribution in [2.75, 3.05) is 33.7 Å². The zero-order valence-electron chi connectivity index (χ0n) is 8.94. The fourth-order valence-corrected chi connectivity index (χ4v) is 0.858. The van der Waals surface area contributed by atoms with Crippen LogP contribution in [0, 0.1) is 0 Å². The van der Waals surface area contributed by atoms with E-state index in [1.165, 1.54) is 0 Å². The lowest BCUT2D eigenvalue weighted by molar-refractivity contribution is -0.0758. The van der Waals surface area contributed by atoms with Crippen LogP contribution in [0.5, 0.6) is 0 Å². The lowest BCUT2D eigenvalue weighted by Crippen LogP contribution is -2.38. The molecule has 0 spiro atoms. The molecule has 0 aromatic carbocycles. The van der Waals surface area contributed by atoms with Crippen LogP contribution in [-0.4, -0.2) is 51.0 Å². The zero-order valence-corrected chi connectivity index (χ0v) is 8.94. The second-order valence-electron chi connectivity index (χ2n) is 3.03. The molecule has 14 heavy (non-hydrogen) atoms. The van der Waals surface area contributed by atoms with Crippen molar-refractivity contribution in [3.63, 3.8) is 0 Å². The molecule has 0 aliphatic rings. The lowest BCUT2D eigenvalue weighted by Gasteiger charge is -2.16. The Kier molecular flexibility index (Phi) is 9.23. The minimum atomic E-state index is -0.506. The Balaban J connectivity index is 3.18. The van der Waals surface area contributed by atoms with Gasteiger partial charge in [0, 0.05) is 7.11 Å². The summed E-state index contributed by atoms with van der Waals surface area (Å²) in [7, 11) is 1.61. The second kappa shape index (κ2) is 9.36. The van der Waals surface area contributed by atoms with Gasteiger partial charge in [0.2, 0.25) is 0 Å². The summed E-state index contributed by atoms with van der Waals surface area (Å²) in [5, 5.41) is 9.30. The van der Waals surface area contributed by atoms with E-state index >= 15 is 0 Å². The fraction of sp³-hybridized carbons (Fsp3) is 1.00. The molecule has 0 saturated heterocycles. The number of hydrogen-bond acceptors (Lipinski definition) is 5. The van der Waals surface area contributed by atoms with Crippen LogP contribution in [0.25, 0.3) is 0 Å². The van der Waals surface area contributed by atoms with Gasteiger partial charge in [-0.2, -0.15) is 0 Å². The first-order chi connectivity index (χ1) is 6.72. The van der Waals surface area contributed by atoms with Gasteiger partial charge in [-0.3, -0.25) is 0 Å². The Labute approximate surface area is 85.1 Å². The van der Waals surface area contributed by atoms with Gasteiger partial charge in [0.1, 0.15) is 6.79 Å². The predicted molar refractivity (Wildman–Crippen MR) is 52.9 cm³/mol. The number of ether oxygens (including phenoxy) is 3. The quantitative estimate of drug-likeness (QED) is 0.402. The molecule has 5 heteroatoms. The van der Waals surface area contributed by atoms with Crippen LogP contribution >= 0.6 is 0 Å². The van der Waals surface area contributed by atoms with Gasteiger partial charge in [-0.1, -0.05) is 6.92 Å². The summed E-state index contributed by atoms with van der Waals surface area (Å²) >= 11 is 0. The number of hydrogen-bond donors (Lipinski definition) is 2. The van der Waals surface area contributed by atoms with Gasteiger partial charge in [-0.25, -0.2) is 0 Å². The van der Waals surface area contributed by atoms with Gasteiger partial charge >= 0.3 is 0 Å². The average molecular weight is 207 g/mol. The lowest BCUT2D eigenvalue weighted by atomic mass is 10.1. The molecule has 0 aromatic rings. The summed E-state index contributed by atoms with van der Waals surface area (Å²) in [4.78, 5) is 0. The highest BCUT2D eigenvalue weighted by Gasteiger charge is 2.11. The average Bonchev–Trinajstić information content (AvgIpc) is 2.21. The van der Waals surface area contributed by atoms with Crippen molar-refractivity contribution < 1.29 is 19.3 Å². The Morgan fingerprint density at radius 1 is 1.29 bits per heavy atom. The molecule has 86 valence electrons. The molecule has 0 radical (unpaired) electrons. The van der Waals surface area contributed by atoms with Crippen molar-refractivity contribution in [3.8, 4) is 0 Å². The third-order valence-corrected chi connectivity index (χ3v) is 1.82. The molecule has 0 amide bonds. The summed E-state index contributed by atoms with van der Waals surface area (Å²) in [5.41, 5.74) is 5.61. The van der Waals surface area contributed by atoms with Crippen molar-refractivity contribution in [3.05, 3.63) is 0 Å². The van der Waals surface area contributed by atoms with Crippen LogP contribution in [-0.2, 0) is 14.2 Å². The SMILES string of the molecule is CC[C@H](O)[C@@H](N)COCOCCOC. The Hall–Kier alpha value is -0.200. The Bertz CT molecular complexity index is 123. The molecule has 5 nitrogen and oxygen atoms in total. The molecule has 0 rings (SSSR count). The van der Waals surface area contributed by atoms with Crippen LogP contribution in [0.2, 0.25) is 0 Å². The van der Waals surface area contributed by atoms with Crippen LogP contribution < -0.4 is 5.73 Å². The van der Waals surface area contributed by atoms with Crippen molar-refractivity contribution in [2.24, 2.45) is 5.73 Å². The molecular weight excluding hydrogens is 186 g/mol. The maximum absolute atomic E-state index is 9.30. The smallest absolute Gasteiger partial charge is 0.146 e. The second-order valence-corrected chi connectivity index (χ2v) is 3.03. The van der Waals surface area contributed by atoms with E-state index in [2.05, 4.69) is 0 Å². The summed E-state index contributed by atoms with van der Waals surface area (Å²) in [6.07, 6.45) is 0.128. The van der Waals surface area contributed by atoms with Crippen molar-refractivity contribution in [1.82, 2.24) is 0 Å². The van der Waals surface area contributed by atoms with Gasteiger partial charge in [0.25, 0.3) is 0 Å². The Morgan fingerprint density at radius 3 is 2.57 bits per heavy atom. The summed E-state index contributed by atoms with van der Waals surface area (Å²) in [6, 6.07) is -0.342. The van der Waals surface area contributed by atoms with Crippen LogP contribution in [0.15, 0.2) is 0 Å². The molecule has 0 aliphatic carbocycles. The predicted octanol–water partition coefficient (Wildman–Crippen LogP) is -0.278. The summed E-state index contributed by atoms with van der Waals surface area (Å²) < 4.78 is 14.9. The molecule has 0 aromatic heterocycles. The van der Waals surface area contributed by atoms with Gasteiger partial charge in [-0.05, 0) is 6.42 Å². The summed E-state index contributed by atoms with van der Waals surface area (Å²) in [6.45, 7) is 3.42. The van der Waals surface area contributed by atoms with E-state index in [0.717, 1.165) is 0 Å². The summed E-state index contributed by atoms with van der Waals surface area (Å²) in [5.74, 6) is 0. The van der Waals surface area contributed by atoms with Gasteiger partial charge in [0.05, 0.1) is 32.0 Å². The highest BCUT2D eigenvalue weighted by Crippen LogP contribution is 1.96. The first-order valence-corrected chi connectivity index (χ1v) is 4.80. The normalized spacial score (nSPS) is 15.4. The van der Waals surface area contributed by atoms with E-state index in [-0.39, 0.29) is 12.8 Å². The minimum absolute atomic E-state index is 0.188. The first kappa shape index (κ1) is 13.8. The van der Waals surface area contributed by atoms with Crippen LogP contribution in [0.4, 0.5) is 0 Å². The van der Waals surface area contributed by atoms with Crippen molar-refractivity contribution >= 4 is 0 Å². The molecule has 0 bridgehead atoms. The maximum atomic E-state index is 9.30. The molecule has 0 fully saturated rings. The Morgan fingerprint density at radius 2 is 2.00 bits per heavy atom. The van der Waals surface area contributed by atoms with E-state index in [0.29, 0.717) is 26.2 Å². The number of aliphatic hydroxyl groups is 1. The van der Waals surface area contributed by atoms with E-state index in [1.807, 2.05) is 6.92 Å². The maximum Gasteiger partial charge on any atom is 0.146 e. The standard InChI is InChI=1S/C9H21NO4/c1-3-9(11)8(10)6-14-7-13-5-4-12-2/h8-9,11H,3-7,10H2,1-2H3/t8-,9-/m0/s1. The molecule has 0 aliphatic heterocycles. The molecule has 0 saturated carbocycles. The molecule has 2 atom stereocenters. The minimum Gasteiger partial charge on any atom is -0.391 e. The fourth-order valence-electron chi connectivity index (χ4n) is 0.858. The molecule has 0 unspecified atom stereocenters. The van der Waals surface area contributed by atoms with Crippen molar-refractivity contribution in [2.45, 2.75) is 25.5 Å². The number of rotatable bonds is 9. The van der Waals surface area contributed by atoms with Crippen LogP contribution in [0.1, 0.15) is 13.3 Å². The van der Waals surface area contributed by atoms with Crippen LogP contribution in [0.3, 0.4) is 0 Å². The topological polar surface area (TPSA) is 73.9 Å². The van der Waals surface area contributed by atoms with E-state index in [4.69, 9.17) is 19.9 Å². The first-order valence-electron chi connectivity index (χ1n) is 4.80. The zero-order chi connectivity index (χ0) is 10.8. The van der Waals surface area contributed by atoms with Gasteiger partial charge < -0.3 is 25.1 Å². The van der Waals surface area contributed by atoms with E-state index in [1.54, 1.807) is 7.11 Å².